The minimum atomic E-state index is -0.478. The second-order valence-electron chi connectivity index (χ2n) is 4.43. The zero-order valence-corrected chi connectivity index (χ0v) is 9.43. The zero-order valence-electron chi connectivity index (χ0n) is 9.43. The summed E-state index contributed by atoms with van der Waals surface area (Å²) >= 11 is 0. The first-order valence-corrected chi connectivity index (χ1v) is 5.65. The molecule has 92 valence electrons. The molecule has 6 heteroatoms. The Balaban J connectivity index is 2.10. The maximum Gasteiger partial charge on any atom is 0.287 e. The normalized spacial score (nSPS) is 17.9. The highest BCUT2D eigenvalue weighted by molar-refractivity contribution is 5.42. The van der Waals surface area contributed by atoms with Crippen LogP contribution in [0.2, 0.25) is 0 Å². The summed E-state index contributed by atoms with van der Waals surface area (Å²) in [5.74, 6) is 0.576. The van der Waals surface area contributed by atoms with Gasteiger partial charge in [-0.25, -0.2) is 4.98 Å². The van der Waals surface area contributed by atoms with Crippen LogP contribution in [0.15, 0.2) is 18.3 Å². The molecule has 0 saturated heterocycles. The fourth-order valence-electron chi connectivity index (χ4n) is 2.21. The minimum Gasteiger partial charge on any atom is -0.394 e. The molecule has 1 aliphatic rings. The van der Waals surface area contributed by atoms with Gasteiger partial charge < -0.3 is 10.4 Å². The molecule has 0 radical (unpaired) electrons. The van der Waals surface area contributed by atoms with E-state index in [4.69, 9.17) is 0 Å². The number of nitrogens with one attached hydrogen (secondary N) is 1. The van der Waals surface area contributed by atoms with Gasteiger partial charge in [-0.1, -0.05) is 12.8 Å². The zero-order chi connectivity index (χ0) is 12.3. The van der Waals surface area contributed by atoms with Gasteiger partial charge >= 0.3 is 0 Å². The van der Waals surface area contributed by atoms with Gasteiger partial charge in [0.05, 0.1) is 17.1 Å². The van der Waals surface area contributed by atoms with E-state index in [2.05, 4.69) is 10.3 Å². The van der Waals surface area contributed by atoms with Crippen molar-refractivity contribution in [2.24, 2.45) is 0 Å². The average molecular weight is 237 g/mol. The van der Waals surface area contributed by atoms with Gasteiger partial charge in [-0.3, -0.25) is 10.1 Å². The predicted octanol–water partition coefficient (Wildman–Crippen LogP) is 1.71. The van der Waals surface area contributed by atoms with Crippen molar-refractivity contribution < 1.29 is 10.0 Å². The lowest BCUT2D eigenvalue weighted by molar-refractivity contribution is -0.385. The Morgan fingerprint density at radius 2 is 2.18 bits per heavy atom. The number of nitrogens with zero attached hydrogens (tertiary/aromatic N) is 2. The number of pyridine rings is 1. The number of aromatic nitrogens is 1. The molecule has 1 aliphatic carbocycles. The van der Waals surface area contributed by atoms with Gasteiger partial charge in [0.2, 0.25) is 0 Å². The predicted molar refractivity (Wildman–Crippen MR) is 62.8 cm³/mol. The van der Waals surface area contributed by atoms with E-state index in [1.165, 1.54) is 12.3 Å². The van der Waals surface area contributed by atoms with Crippen LogP contribution in [-0.2, 0) is 0 Å². The molecule has 0 spiro atoms. The summed E-state index contributed by atoms with van der Waals surface area (Å²) in [7, 11) is 0. The van der Waals surface area contributed by atoms with Crippen LogP contribution in [-0.4, -0.2) is 27.2 Å². The molecule has 0 aromatic carbocycles. The van der Waals surface area contributed by atoms with Crippen LogP contribution >= 0.6 is 0 Å². The number of aliphatic hydroxyl groups is 1. The molecule has 1 aromatic heterocycles. The van der Waals surface area contributed by atoms with Crippen LogP contribution in [0.3, 0.4) is 0 Å². The van der Waals surface area contributed by atoms with Crippen LogP contribution in [0.5, 0.6) is 0 Å². The van der Waals surface area contributed by atoms with Crippen molar-refractivity contribution in [3.05, 3.63) is 28.4 Å². The van der Waals surface area contributed by atoms with Crippen LogP contribution in [0, 0.1) is 10.1 Å². The van der Waals surface area contributed by atoms with Crippen molar-refractivity contribution in [1.82, 2.24) is 4.98 Å². The minimum absolute atomic E-state index is 0.0278. The number of anilines is 1. The molecule has 6 nitrogen and oxygen atoms in total. The van der Waals surface area contributed by atoms with Crippen molar-refractivity contribution in [1.29, 1.82) is 0 Å². The van der Waals surface area contributed by atoms with Crippen LogP contribution in [0.1, 0.15) is 25.7 Å². The van der Waals surface area contributed by atoms with E-state index in [0.717, 1.165) is 25.7 Å². The van der Waals surface area contributed by atoms with Gasteiger partial charge in [-0.2, -0.15) is 0 Å². The van der Waals surface area contributed by atoms with E-state index in [1.54, 1.807) is 6.07 Å². The van der Waals surface area contributed by atoms with Gasteiger partial charge in [0, 0.05) is 6.07 Å². The summed E-state index contributed by atoms with van der Waals surface area (Å²) in [5.41, 5.74) is -0.330. The Bertz CT molecular complexity index is 399. The van der Waals surface area contributed by atoms with Gasteiger partial charge in [0.25, 0.3) is 5.69 Å². The standard InChI is InChI=1S/C11H15N3O3/c15-8-11(5-1-2-6-11)13-10-4-3-9(7-12-10)14(16)17/h3-4,7,15H,1-2,5-6,8H2,(H,12,13). The van der Waals surface area contributed by atoms with E-state index in [0.29, 0.717) is 5.82 Å². The van der Waals surface area contributed by atoms with Crippen molar-refractivity contribution in [3.8, 4) is 0 Å². The average Bonchev–Trinajstić information content (AvgIpc) is 2.79. The topological polar surface area (TPSA) is 88.3 Å². The number of rotatable bonds is 4. The van der Waals surface area contributed by atoms with Crippen molar-refractivity contribution in [2.75, 3.05) is 11.9 Å². The third kappa shape index (κ3) is 2.52. The van der Waals surface area contributed by atoms with E-state index in [1.807, 2.05) is 0 Å². The monoisotopic (exact) mass is 237 g/mol. The smallest absolute Gasteiger partial charge is 0.287 e. The van der Waals surface area contributed by atoms with E-state index in [-0.39, 0.29) is 17.8 Å². The Kier molecular flexibility index (Phi) is 3.23. The van der Waals surface area contributed by atoms with Crippen molar-refractivity contribution in [2.45, 2.75) is 31.2 Å². The third-order valence-corrected chi connectivity index (χ3v) is 3.22. The highest BCUT2D eigenvalue weighted by Gasteiger charge is 2.33. The molecule has 2 N–H and O–H groups in total. The summed E-state index contributed by atoms with van der Waals surface area (Å²) in [6.45, 7) is 0.0612. The first-order chi connectivity index (χ1) is 8.15. The summed E-state index contributed by atoms with van der Waals surface area (Å²) in [4.78, 5) is 14.0. The largest absolute Gasteiger partial charge is 0.394 e. The Morgan fingerprint density at radius 1 is 1.47 bits per heavy atom. The van der Waals surface area contributed by atoms with E-state index in [9.17, 15) is 15.2 Å². The Labute approximate surface area is 98.8 Å². The fourth-order valence-corrected chi connectivity index (χ4v) is 2.21. The number of nitro groups is 1. The van der Waals surface area contributed by atoms with Crippen molar-refractivity contribution in [3.63, 3.8) is 0 Å². The Morgan fingerprint density at radius 3 is 2.65 bits per heavy atom. The van der Waals surface area contributed by atoms with Gasteiger partial charge in [0.1, 0.15) is 12.0 Å². The first kappa shape index (κ1) is 11.8. The quantitative estimate of drug-likeness (QED) is 0.614. The molecular weight excluding hydrogens is 222 g/mol. The number of hydrogen-bond donors (Lipinski definition) is 2. The molecule has 1 fully saturated rings. The molecule has 0 aliphatic heterocycles. The maximum atomic E-state index is 10.5. The van der Waals surface area contributed by atoms with E-state index < -0.39 is 4.92 Å². The van der Waals surface area contributed by atoms with Gasteiger partial charge in [0.15, 0.2) is 0 Å². The second kappa shape index (κ2) is 4.67. The maximum absolute atomic E-state index is 10.5. The molecule has 2 rings (SSSR count). The molecular formula is C11H15N3O3. The lowest BCUT2D eigenvalue weighted by Gasteiger charge is -2.28. The summed E-state index contributed by atoms with van der Waals surface area (Å²) in [6.07, 6.45) is 5.20. The summed E-state index contributed by atoms with van der Waals surface area (Å²) in [6, 6.07) is 2.99. The highest BCUT2D eigenvalue weighted by Crippen LogP contribution is 2.32. The second-order valence-corrected chi connectivity index (χ2v) is 4.43. The molecule has 0 unspecified atom stereocenters. The van der Waals surface area contributed by atoms with Gasteiger partial charge in [-0.15, -0.1) is 0 Å². The molecule has 1 heterocycles. The van der Waals surface area contributed by atoms with Crippen molar-refractivity contribution >= 4 is 11.5 Å². The SMILES string of the molecule is O=[N+]([O-])c1ccc(NC2(CO)CCCC2)nc1. The third-order valence-electron chi connectivity index (χ3n) is 3.22. The summed E-state index contributed by atoms with van der Waals surface area (Å²) < 4.78 is 0. The number of hydrogen-bond acceptors (Lipinski definition) is 5. The Hall–Kier alpha value is -1.69. The lowest BCUT2D eigenvalue weighted by Crippen LogP contribution is -2.39. The lowest BCUT2D eigenvalue weighted by atomic mass is 9.99. The highest BCUT2D eigenvalue weighted by atomic mass is 16.6. The van der Waals surface area contributed by atoms with E-state index >= 15 is 0 Å². The molecule has 1 saturated carbocycles. The molecule has 17 heavy (non-hydrogen) atoms. The molecule has 0 atom stereocenters. The van der Waals surface area contributed by atoms with Crippen LogP contribution in [0.4, 0.5) is 11.5 Å². The molecule has 0 bridgehead atoms. The molecule has 1 aromatic rings. The van der Waals surface area contributed by atoms with Crippen LogP contribution < -0.4 is 5.32 Å². The number of aliphatic hydroxyl groups excluding tert-OH is 1. The van der Waals surface area contributed by atoms with Crippen LogP contribution in [0.25, 0.3) is 0 Å². The van der Waals surface area contributed by atoms with Gasteiger partial charge in [-0.05, 0) is 18.9 Å². The fraction of sp³-hybridized carbons (Fsp3) is 0.545. The molecule has 0 amide bonds. The first-order valence-electron chi connectivity index (χ1n) is 5.65. The summed E-state index contributed by atoms with van der Waals surface area (Å²) in [5, 5.41) is 23.1.